The lowest BCUT2D eigenvalue weighted by atomic mass is 10.2. The molecule has 1 saturated heterocycles. The molecule has 2 N–H and O–H groups in total. The number of carbonyl (C=O) groups is 1. The molecule has 1 atom stereocenters. The Morgan fingerprint density at radius 1 is 1.38 bits per heavy atom. The van der Waals surface area contributed by atoms with E-state index in [0.29, 0.717) is 34.4 Å². The molecule has 0 saturated carbocycles. The van der Waals surface area contributed by atoms with E-state index in [1.807, 2.05) is 0 Å². The van der Waals surface area contributed by atoms with E-state index < -0.39 is 0 Å². The Hall–Kier alpha value is -0.450. The van der Waals surface area contributed by atoms with Crippen LogP contribution < -0.4 is 10.6 Å². The number of nitrogen functional groups attached to an aromatic ring is 1. The van der Waals surface area contributed by atoms with E-state index in [1.54, 1.807) is 17.0 Å². The number of alkyl halides is 1. The number of anilines is 2. The summed E-state index contributed by atoms with van der Waals surface area (Å²) in [5, 5.41) is 0.738. The van der Waals surface area contributed by atoms with Crippen molar-refractivity contribution in [2.24, 2.45) is 0 Å². The first-order valence-corrected chi connectivity index (χ1v) is 6.35. The van der Waals surface area contributed by atoms with E-state index in [2.05, 4.69) is 15.9 Å². The Bertz CT molecular complexity index is 429. The minimum absolute atomic E-state index is 0.0544. The van der Waals surface area contributed by atoms with Crippen molar-refractivity contribution >= 4 is 56.4 Å². The van der Waals surface area contributed by atoms with Crippen molar-refractivity contribution in [3.05, 3.63) is 22.2 Å². The van der Waals surface area contributed by atoms with E-state index in [1.165, 1.54) is 0 Å². The summed E-state index contributed by atoms with van der Waals surface area (Å²) < 4.78 is 0. The maximum absolute atomic E-state index is 11.7. The SMILES string of the molecule is Nc1c(Cl)cc(N2CC(Br)CC2=O)cc1Cl. The standard InChI is InChI=1S/C10H9BrCl2N2O/c11-5-1-9(16)15(4-5)6-2-7(12)10(14)8(13)3-6/h2-3,5H,1,4,14H2. The first-order chi connectivity index (χ1) is 7.49. The highest BCUT2D eigenvalue weighted by Gasteiger charge is 2.29. The summed E-state index contributed by atoms with van der Waals surface area (Å²) in [5.41, 5.74) is 6.67. The van der Waals surface area contributed by atoms with Gasteiger partial charge in [-0.15, -0.1) is 0 Å². The summed E-state index contributed by atoms with van der Waals surface area (Å²) in [7, 11) is 0. The lowest BCUT2D eigenvalue weighted by Crippen LogP contribution is -2.24. The van der Waals surface area contributed by atoms with Crippen LogP contribution >= 0.6 is 39.1 Å². The molecule has 0 aromatic heterocycles. The zero-order chi connectivity index (χ0) is 11.9. The molecule has 3 nitrogen and oxygen atoms in total. The molecule has 1 aromatic rings. The van der Waals surface area contributed by atoms with Gasteiger partial charge in [0, 0.05) is 23.5 Å². The van der Waals surface area contributed by atoms with E-state index in [4.69, 9.17) is 28.9 Å². The predicted molar refractivity (Wildman–Crippen MR) is 70.6 cm³/mol. The molecule has 6 heteroatoms. The number of hydrogen-bond acceptors (Lipinski definition) is 2. The summed E-state index contributed by atoms with van der Waals surface area (Å²) in [4.78, 5) is 13.5. The van der Waals surface area contributed by atoms with Crippen LogP contribution in [-0.2, 0) is 4.79 Å². The number of nitrogens with zero attached hydrogens (tertiary/aromatic N) is 1. The third kappa shape index (κ3) is 2.14. The molecular formula is C10H9BrCl2N2O. The van der Waals surface area contributed by atoms with Crippen molar-refractivity contribution in [1.82, 2.24) is 0 Å². The second kappa shape index (κ2) is 4.43. The molecule has 1 unspecified atom stereocenters. The third-order valence-electron chi connectivity index (χ3n) is 2.45. The number of carbonyl (C=O) groups excluding carboxylic acids is 1. The first-order valence-electron chi connectivity index (χ1n) is 4.68. The van der Waals surface area contributed by atoms with Crippen LogP contribution in [0.1, 0.15) is 6.42 Å². The topological polar surface area (TPSA) is 46.3 Å². The summed E-state index contributed by atoms with van der Waals surface area (Å²) in [6, 6.07) is 3.32. The van der Waals surface area contributed by atoms with Crippen LogP contribution in [0.3, 0.4) is 0 Å². The van der Waals surface area contributed by atoms with Crippen molar-refractivity contribution < 1.29 is 4.79 Å². The number of rotatable bonds is 1. The lowest BCUT2D eigenvalue weighted by Gasteiger charge is -2.17. The summed E-state index contributed by atoms with van der Waals surface area (Å²) in [6.07, 6.45) is 0.486. The van der Waals surface area contributed by atoms with E-state index in [-0.39, 0.29) is 10.7 Å². The number of benzene rings is 1. The molecule has 16 heavy (non-hydrogen) atoms. The quantitative estimate of drug-likeness (QED) is 0.637. The van der Waals surface area contributed by atoms with Crippen LogP contribution in [0.5, 0.6) is 0 Å². The highest BCUT2D eigenvalue weighted by atomic mass is 79.9. The molecular weight excluding hydrogens is 315 g/mol. The molecule has 1 heterocycles. The second-order valence-electron chi connectivity index (χ2n) is 3.63. The second-order valence-corrected chi connectivity index (χ2v) is 5.74. The van der Waals surface area contributed by atoms with Gasteiger partial charge in [0.25, 0.3) is 0 Å². The maximum Gasteiger partial charge on any atom is 0.228 e. The summed E-state index contributed by atoms with van der Waals surface area (Å²) in [6.45, 7) is 0.620. The average molecular weight is 324 g/mol. The molecule has 0 bridgehead atoms. The molecule has 0 aliphatic carbocycles. The van der Waals surface area contributed by atoms with Crippen LogP contribution in [0.4, 0.5) is 11.4 Å². The van der Waals surface area contributed by atoms with Gasteiger partial charge >= 0.3 is 0 Å². The molecule has 1 aliphatic rings. The molecule has 2 rings (SSSR count). The van der Waals surface area contributed by atoms with Crippen molar-refractivity contribution in [2.45, 2.75) is 11.2 Å². The zero-order valence-electron chi connectivity index (χ0n) is 8.21. The fourth-order valence-corrected chi connectivity index (χ4v) is 2.68. The molecule has 0 spiro atoms. The van der Waals surface area contributed by atoms with Gasteiger partial charge in [0.05, 0.1) is 15.7 Å². The molecule has 0 radical (unpaired) electrons. The first kappa shape index (κ1) is 12.0. The third-order valence-corrected chi connectivity index (χ3v) is 3.69. The van der Waals surface area contributed by atoms with Gasteiger partial charge in [-0.2, -0.15) is 0 Å². The largest absolute Gasteiger partial charge is 0.396 e. The lowest BCUT2D eigenvalue weighted by molar-refractivity contribution is -0.117. The molecule has 1 fully saturated rings. The van der Waals surface area contributed by atoms with Crippen molar-refractivity contribution in [3.63, 3.8) is 0 Å². The van der Waals surface area contributed by atoms with Crippen LogP contribution in [0.15, 0.2) is 12.1 Å². The normalized spacial score (nSPS) is 20.6. The zero-order valence-corrected chi connectivity index (χ0v) is 11.3. The van der Waals surface area contributed by atoms with Crippen molar-refractivity contribution in [2.75, 3.05) is 17.2 Å². The Labute approximate surface area is 112 Å². The number of nitrogens with two attached hydrogens (primary N) is 1. The van der Waals surface area contributed by atoms with E-state index >= 15 is 0 Å². The molecule has 86 valence electrons. The highest BCUT2D eigenvalue weighted by molar-refractivity contribution is 9.09. The minimum atomic E-state index is 0.0544. The van der Waals surface area contributed by atoms with Crippen LogP contribution in [-0.4, -0.2) is 17.3 Å². The smallest absolute Gasteiger partial charge is 0.228 e. The maximum atomic E-state index is 11.7. The van der Waals surface area contributed by atoms with E-state index in [0.717, 1.165) is 0 Å². The molecule has 1 aromatic carbocycles. The average Bonchev–Trinajstić information content (AvgIpc) is 2.53. The van der Waals surface area contributed by atoms with Gasteiger partial charge in [-0.3, -0.25) is 4.79 Å². The fourth-order valence-electron chi connectivity index (χ4n) is 1.64. The minimum Gasteiger partial charge on any atom is -0.396 e. The summed E-state index contributed by atoms with van der Waals surface area (Å²) >= 11 is 15.3. The Balaban J connectivity index is 2.38. The van der Waals surface area contributed by atoms with Gasteiger partial charge in [0.2, 0.25) is 5.91 Å². The van der Waals surface area contributed by atoms with Crippen molar-refractivity contribution in [1.29, 1.82) is 0 Å². The summed E-state index contributed by atoms with van der Waals surface area (Å²) in [5.74, 6) is 0.0544. The number of hydrogen-bond donors (Lipinski definition) is 1. The van der Waals surface area contributed by atoms with Gasteiger partial charge in [-0.1, -0.05) is 39.1 Å². The monoisotopic (exact) mass is 322 g/mol. The van der Waals surface area contributed by atoms with Crippen LogP contribution in [0, 0.1) is 0 Å². The van der Waals surface area contributed by atoms with Crippen LogP contribution in [0.25, 0.3) is 0 Å². The van der Waals surface area contributed by atoms with Gasteiger partial charge in [0.15, 0.2) is 0 Å². The Morgan fingerprint density at radius 3 is 2.38 bits per heavy atom. The Kier molecular flexibility index (Phi) is 3.33. The van der Waals surface area contributed by atoms with Crippen molar-refractivity contribution in [3.8, 4) is 0 Å². The predicted octanol–water partition coefficient (Wildman–Crippen LogP) is 3.08. The van der Waals surface area contributed by atoms with Gasteiger partial charge in [-0.25, -0.2) is 0 Å². The van der Waals surface area contributed by atoms with Gasteiger partial charge < -0.3 is 10.6 Å². The van der Waals surface area contributed by atoms with Gasteiger partial charge in [0.1, 0.15) is 0 Å². The molecule has 1 aliphatic heterocycles. The number of amides is 1. The van der Waals surface area contributed by atoms with Gasteiger partial charge in [-0.05, 0) is 12.1 Å². The fraction of sp³-hybridized carbons (Fsp3) is 0.300. The van der Waals surface area contributed by atoms with E-state index in [9.17, 15) is 4.79 Å². The Morgan fingerprint density at radius 2 is 1.94 bits per heavy atom. The van der Waals surface area contributed by atoms with Crippen LogP contribution in [0.2, 0.25) is 10.0 Å². The number of halogens is 3. The molecule has 1 amide bonds. The highest BCUT2D eigenvalue weighted by Crippen LogP contribution is 2.35.